The molecule has 0 radical (unpaired) electrons. The lowest BCUT2D eigenvalue weighted by Gasteiger charge is -2.27. The van der Waals surface area contributed by atoms with E-state index in [-0.39, 0.29) is 24.0 Å². The summed E-state index contributed by atoms with van der Waals surface area (Å²) >= 11 is 0. The van der Waals surface area contributed by atoms with Crippen LogP contribution in [0.5, 0.6) is 0 Å². The third-order valence-corrected chi connectivity index (χ3v) is 3.76. The zero-order valence-corrected chi connectivity index (χ0v) is 19.5. The summed E-state index contributed by atoms with van der Waals surface area (Å²) in [5.74, 6) is 1.51. The largest absolute Gasteiger partial charge is 0.379 e. The molecule has 7 heteroatoms. The van der Waals surface area contributed by atoms with Gasteiger partial charge >= 0.3 is 0 Å². The molecule has 1 atom stereocenters. The topological polar surface area (TPSA) is 58.1 Å². The van der Waals surface area contributed by atoms with E-state index in [0.717, 1.165) is 38.5 Å². The summed E-state index contributed by atoms with van der Waals surface area (Å²) in [6, 6.07) is 0.500. The molecule has 0 aromatic carbocycles. The van der Waals surface area contributed by atoms with Crippen LogP contribution in [0.2, 0.25) is 0 Å². The van der Waals surface area contributed by atoms with Crippen molar-refractivity contribution in [2.75, 3.05) is 60.7 Å². The number of guanidine groups is 1. The first-order chi connectivity index (χ1) is 11.5. The zero-order chi connectivity index (χ0) is 18.2. The maximum atomic E-state index is 5.55. The quantitative estimate of drug-likeness (QED) is 0.176. The number of nitrogens with zero attached hydrogens (tertiary/aromatic N) is 2. The third-order valence-electron chi connectivity index (χ3n) is 3.76. The van der Waals surface area contributed by atoms with Crippen LogP contribution in [-0.4, -0.2) is 77.6 Å². The minimum Gasteiger partial charge on any atom is -0.379 e. The number of rotatable bonds is 14. The standard InChI is InChI=1S/C18H40N4O2.HI/c1-7-8-10-23-12-13-24-11-9-20-18(19-4)21-15-17(22(5)6)14-16(2)3;/h16-17H,7-15H2,1-6H3,(H2,19,20,21);1H. The molecule has 0 heterocycles. The first kappa shape index (κ1) is 27.1. The molecule has 0 amide bonds. The van der Waals surface area contributed by atoms with Gasteiger partial charge in [0.15, 0.2) is 5.96 Å². The van der Waals surface area contributed by atoms with E-state index in [1.807, 2.05) is 0 Å². The molecule has 2 N–H and O–H groups in total. The molecule has 0 aliphatic carbocycles. The fourth-order valence-corrected chi connectivity index (χ4v) is 2.27. The number of ether oxygens (including phenoxy) is 2. The highest BCUT2D eigenvalue weighted by molar-refractivity contribution is 14.0. The first-order valence-electron chi connectivity index (χ1n) is 9.27. The van der Waals surface area contributed by atoms with Gasteiger partial charge in [-0.25, -0.2) is 0 Å². The summed E-state index contributed by atoms with van der Waals surface area (Å²) < 4.78 is 11.0. The van der Waals surface area contributed by atoms with Crippen molar-refractivity contribution < 1.29 is 9.47 Å². The molecular weight excluding hydrogens is 431 g/mol. The second-order valence-electron chi connectivity index (χ2n) is 6.71. The zero-order valence-electron chi connectivity index (χ0n) is 17.1. The SMILES string of the molecule is CCCCOCCOCCNC(=NC)NCC(CC(C)C)N(C)C.I. The summed E-state index contributed by atoms with van der Waals surface area (Å²) in [5, 5.41) is 6.68. The van der Waals surface area contributed by atoms with Crippen LogP contribution in [0.3, 0.4) is 0 Å². The summed E-state index contributed by atoms with van der Waals surface area (Å²) in [6.07, 6.45) is 3.45. The minimum atomic E-state index is 0. The Morgan fingerprint density at radius 1 is 1.04 bits per heavy atom. The van der Waals surface area contributed by atoms with Gasteiger partial charge in [-0.2, -0.15) is 0 Å². The van der Waals surface area contributed by atoms with Crippen molar-refractivity contribution in [1.82, 2.24) is 15.5 Å². The van der Waals surface area contributed by atoms with E-state index in [0.29, 0.717) is 31.8 Å². The fourth-order valence-electron chi connectivity index (χ4n) is 2.27. The molecule has 0 aliphatic rings. The lowest BCUT2D eigenvalue weighted by Crippen LogP contribution is -2.46. The second-order valence-corrected chi connectivity index (χ2v) is 6.71. The fraction of sp³-hybridized carbons (Fsp3) is 0.944. The van der Waals surface area contributed by atoms with Gasteiger partial charge in [-0.15, -0.1) is 24.0 Å². The monoisotopic (exact) mass is 472 g/mol. The maximum absolute atomic E-state index is 5.55. The van der Waals surface area contributed by atoms with Crippen molar-refractivity contribution in [3.63, 3.8) is 0 Å². The van der Waals surface area contributed by atoms with Crippen molar-refractivity contribution >= 4 is 29.9 Å². The van der Waals surface area contributed by atoms with E-state index in [1.54, 1.807) is 7.05 Å². The van der Waals surface area contributed by atoms with Gasteiger partial charge in [-0.3, -0.25) is 4.99 Å². The Morgan fingerprint density at radius 3 is 2.20 bits per heavy atom. The molecule has 0 bridgehead atoms. The van der Waals surface area contributed by atoms with E-state index in [1.165, 1.54) is 6.42 Å². The van der Waals surface area contributed by atoms with Gasteiger partial charge in [-0.1, -0.05) is 27.2 Å². The van der Waals surface area contributed by atoms with Gasteiger partial charge in [0.05, 0.1) is 19.8 Å². The molecule has 25 heavy (non-hydrogen) atoms. The lowest BCUT2D eigenvalue weighted by molar-refractivity contribution is 0.0487. The van der Waals surface area contributed by atoms with Crippen LogP contribution in [0.4, 0.5) is 0 Å². The van der Waals surface area contributed by atoms with Crippen LogP contribution in [0.15, 0.2) is 4.99 Å². The number of halogens is 1. The first-order valence-corrected chi connectivity index (χ1v) is 9.27. The highest BCUT2D eigenvalue weighted by atomic mass is 127. The third kappa shape index (κ3) is 17.1. The molecule has 0 rings (SSSR count). The molecule has 0 fully saturated rings. The Kier molecular flexibility index (Phi) is 20.2. The van der Waals surface area contributed by atoms with E-state index < -0.39 is 0 Å². The minimum absolute atomic E-state index is 0. The molecule has 152 valence electrons. The Balaban J connectivity index is 0. The predicted octanol–water partition coefficient (Wildman–Crippen LogP) is 2.58. The van der Waals surface area contributed by atoms with Gasteiger partial charge in [0.2, 0.25) is 0 Å². The maximum Gasteiger partial charge on any atom is 0.191 e. The predicted molar refractivity (Wildman–Crippen MR) is 118 cm³/mol. The van der Waals surface area contributed by atoms with Crippen molar-refractivity contribution in [3.8, 4) is 0 Å². The summed E-state index contributed by atoms with van der Waals surface area (Å²) in [6.45, 7) is 11.1. The molecular formula is C18H41IN4O2. The van der Waals surface area contributed by atoms with Crippen molar-refractivity contribution in [3.05, 3.63) is 0 Å². The number of hydrogen-bond donors (Lipinski definition) is 2. The number of likely N-dealkylation sites (N-methyl/N-ethyl adjacent to an activating group) is 1. The summed E-state index contributed by atoms with van der Waals surface area (Å²) in [5.41, 5.74) is 0. The van der Waals surface area contributed by atoms with Crippen LogP contribution < -0.4 is 10.6 Å². The van der Waals surface area contributed by atoms with Crippen LogP contribution in [0, 0.1) is 5.92 Å². The van der Waals surface area contributed by atoms with E-state index in [9.17, 15) is 0 Å². The van der Waals surface area contributed by atoms with Gasteiger partial charge in [-0.05, 0) is 32.9 Å². The molecule has 6 nitrogen and oxygen atoms in total. The van der Waals surface area contributed by atoms with Gasteiger partial charge in [0, 0.05) is 32.8 Å². The van der Waals surface area contributed by atoms with Crippen LogP contribution >= 0.6 is 24.0 Å². The average molecular weight is 472 g/mol. The lowest BCUT2D eigenvalue weighted by atomic mass is 10.0. The van der Waals surface area contributed by atoms with Crippen molar-refractivity contribution in [2.45, 2.75) is 46.1 Å². The Morgan fingerprint density at radius 2 is 1.68 bits per heavy atom. The molecule has 0 aromatic rings. The smallest absolute Gasteiger partial charge is 0.191 e. The molecule has 1 unspecified atom stereocenters. The number of hydrogen-bond acceptors (Lipinski definition) is 4. The molecule has 0 aliphatic heterocycles. The van der Waals surface area contributed by atoms with E-state index >= 15 is 0 Å². The molecule has 0 aromatic heterocycles. The second kappa shape index (κ2) is 18.7. The number of aliphatic imine (C=N–C) groups is 1. The van der Waals surface area contributed by atoms with Crippen molar-refractivity contribution in [1.29, 1.82) is 0 Å². The highest BCUT2D eigenvalue weighted by Crippen LogP contribution is 2.07. The van der Waals surface area contributed by atoms with Gasteiger partial charge in [0.25, 0.3) is 0 Å². The normalized spacial score (nSPS) is 13.0. The summed E-state index contributed by atoms with van der Waals surface area (Å²) in [4.78, 5) is 6.53. The highest BCUT2D eigenvalue weighted by Gasteiger charge is 2.13. The Labute approximate surface area is 172 Å². The van der Waals surface area contributed by atoms with Gasteiger partial charge in [0.1, 0.15) is 0 Å². The van der Waals surface area contributed by atoms with Crippen LogP contribution in [-0.2, 0) is 9.47 Å². The Bertz CT molecular complexity index is 315. The molecule has 0 saturated carbocycles. The van der Waals surface area contributed by atoms with Crippen molar-refractivity contribution in [2.24, 2.45) is 10.9 Å². The van der Waals surface area contributed by atoms with Gasteiger partial charge < -0.3 is 25.0 Å². The van der Waals surface area contributed by atoms with Crippen LogP contribution in [0.1, 0.15) is 40.0 Å². The average Bonchev–Trinajstić information content (AvgIpc) is 2.54. The Hall–Kier alpha value is -0.120. The number of unbranched alkanes of at least 4 members (excludes halogenated alkanes) is 1. The number of nitrogens with one attached hydrogen (secondary N) is 2. The van der Waals surface area contributed by atoms with E-state index in [4.69, 9.17) is 9.47 Å². The molecule has 0 saturated heterocycles. The molecule has 0 spiro atoms. The van der Waals surface area contributed by atoms with E-state index in [2.05, 4.69) is 55.4 Å². The van der Waals surface area contributed by atoms with Crippen LogP contribution in [0.25, 0.3) is 0 Å². The summed E-state index contributed by atoms with van der Waals surface area (Å²) in [7, 11) is 6.05.